The number of primary amides is 1. The summed E-state index contributed by atoms with van der Waals surface area (Å²) in [5, 5.41) is 3.50. The van der Waals surface area contributed by atoms with Gasteiger partial charge >= 0.3 is 0 Å². The molecule has 9 heteroatoms. The van der Waals surface area contributed by atoms with Crippen LogP contribution in [0, 0.1) is 5.92 Å². The van der Waals surface area contributed by atoms with Crippen LogP contribution >= 0.6 is 11.3 Å². The molecular formula is C19H20N6O2S. The molecule has 1 fully saturated rings. The van der Waals surface area contributed by atoms with Gasteiger partial charge in [-0.3, -0.25) is 19.8 Å². The standard InChI is InChI=1S/C19H20N6O2S/c20-16(26)17-21-13-3-1-2-11(15(13)23-17)18(27)24-19-22-12-6-7-25(8-10-4-5-10)9-14(12)28-19/h1-3,10H,4-9H2,(H2,20,26)(H,21,23)(H,22,24,27). The molecule has 3 heterocycles. The van der Waals surface area contributed by atoms with Crippen molar-refractivity contribution < 1.29 is 9.59 Å². The Hall–Kier alpha value is -2.78. The summed E-state index contributed by atoms with van der Waals surface area (Å²) in [6, 6.07) is 5.17. The van der Waals surface area contributed by atoms with Crippen LogP contribution in [0.25, 0.3) is 11.0 Å². The van der Waals surface area contributed by atoms with Gasteiger partial charge in [0.25, 0.3) is 11.8 Å². The van der Waals surface area contributed by atoms with Crippen LogP contribution in [0.2, 0.25) is 0 Å². The van der Waals surface area contributed by atoms with Gasteiger partial charge in [0.05, 0.1) is 16.8 Å². The van der Waals surface area contributed by atoms with Crippen molar-refractivity contribution in [3.05, 3.63) is 40.2 Å². The Kier molecular flexibility index (Phi) is 4.13. The van der Waals surface area contributed by atoms with Gasteiger partial charge in [0.15, 0.2) is 11.0 Å². The van der Waals surface area contributed by atoms with Gasteiger partial charge in [-0.1, -0.05) is 6.07 Å². The molecule has 2 amide bonds. The lowest BCUT2D eigenvalue weighted by atomic mass is 10.1. The van der Waals surface area contributed by atoms with Gasteiger partial charge in [-0.2, -0.15) is 0 Å². The van der Waals surface area contributed by atoms with Crippen molar-refractivity contribution in [1.82, 2.24) is 19.9 Å². The number of fused-ring (bicyclic) bond motifs is 2. The molecule has 0 atom stereocenters. The van der Waals surface area contributed by atoms with Crippen LogP contribution in [0.15, 0.2) is 18.2 Å². The highest BCUT2D eigenvalue weighted by Gasteiger charge is 2.28. The summed E-state index contributed by atoms with van der Waals surface area (Å²) in [7, 11) is 0. The molecular weight excluding hydrogens is 376 g/mol. The van der Waals surface area contributed by atoms with Crippen LogP contribution in [-0.4, -0.2) is 44.8 Å². The summed E-state index contributed by atoms with van der Waals surface area (Å²) in [6.07, 6.45) is 3.62. The third-order valence-corrected chi connectivity index (χ3v) is 6.23. The van der Waals surface area contributed by atoms with Gasteiger partial charge in [-0.25, -0.2) is 9.97 Å². The summed E-state index contributed by atoms with van der Waals surface area (Å²) in [6.45, 7) is 3.11. The van der Waals surface area contributed by atoms with Crippen molar-refractivity contribution in [2.75, 3.05) is 18.4 Å². The number of hydrogen-bond acceptors (Lipinski definition) is 6. The van der Waals surface area contributed by atoms with E-state index in [1.54, 1.807) is 18.2 Å². The second-order valence-electron chi connectivity index (χ2n) is 7.42. The third-order valence-electron chi connectivity index (χ3n) is 5.23. The Bertz CT molecular complexity index is 1080. The number of para-hydroxylation sites is 1. The molecule has 5 rings (SSSR count). The zero-order valence-corrected chi connectivity index (χ0v) is 16.0. The number of aromatic nitrogens is 3. The number of aromatic amines is 1. The molecule has 1 saturated carbocycles. The fraction of sp³-hybridized carbons (Fsp3) is 0.368. The molecule has 8 nitrogen and oxygen atoms in total. The number of carbonyl (C=O) groups excluding carboxylic acids is 2. The molecule has 0 radical (unpaired) electrons. The average Bonchev–Trinajstić information content (AvgIpc) is 3.22. The van der Waals surface area contributed by atoms with Gasteiger partial charge in [0.1, 0.15) is 5.52 Å². The Balaban J connectivity index is 1.35. The number of hydrogen-bond donors (Lipinski definition) is 3. The predicted molar refractivity (Wildman–Crippen MR) is 106 cm³/mol. The van der Waals surface area contributed by atoms with Crippen LogP contribution in [-0.2, 0) is 13.0 Å². The number of benzene rings is 1. The quantitative estimate of drug-likeness (QED) is 0.611. The normalized spacial score (nSPS) is 16.9. The Labute approximate surface area is 165 Å². The second-order valence-corrected chi connectivity index (χ2v) is 8.51. The minimum absolute atomic E-state index is 0.0377. The van der Waals surface area contributed by atoms with Gasteiger partial charge in [0, 0.05) is 30.9 Å². The number of rotatable bonds is 5. The zero-order valence-electron chi connectivity index (χ0n) is 15.2. The highest BCUT2D eigenvalue weighted by atomic mass is 32.1. The Morgan fingerprint density at radius 1 is 1.32 bits per heavy atom. The van der Waals surface area contributed by atoms with Crippen LogP contribution < -0.4 is 11.1 Å². The largest absolute Gasteiger partial charge is 0.363 e. The van der Waals surface area contributed by atoms with E-state index in [2.05, 4.69) is 25.2 Å². The van der Waals surface area contributed by atoms with E-state index >= 15 is 0 Å². The Morgan fingerprint density at radius 3 is 2.96 bits per heavy atom. The van der Waals surface area contributed by atoms with Gasteiger partial charge in [-0.05, 0) is 30.9 Å². The molecule has 0 unspecified atom stereocenters. The minimum Gasteiger partial charge on any atom is -0.363 e. The summed E-state index contributed by atoms with van der Waals surface area (Å²) in [4.78, 5) is 39.5. The minimum atomic E-state index is -0.661. The van der Waals surface area contributed by atoms with Crippen LogP contribution in [0.4, 0.5) is 5.13 Å². The molecule has 4 N–H and O–H groups in total. The van der Waals surface area contributed by atoms with E-state index in [1.165, 1.54) is 35.6 Å². The monoisotopic (exact) mass is 396 g/mol. The van der Waals surface area contributed by atoms with Gasteiger partial charge < -0.3 is 10.7 Å². The van der Waals surface area contributed by atoms with Crippen molar-refractivity contribution in [3.8, 4) is 0 Å². The van der Waals surface area contributed by atoms with Gasteiger partial charge in [-0.15, -0.1) is 11.3 Å². The molecule has 144 valence electrons. The van der Waals surface area contributed by atoms with E-state index in [0.29, 0.717) is 21.7 Å². The van der Waals surface area contributed by atoms with E-state index < -0.39 is 5.91 Å². The fourth-order valence-electron chi connectivity index (χ4n) is 3.62. The molecule has 1 aromatic carbocycles. The molecule has 28 heavy (non-hydrogen) atoms. The molecule has 2 aromatic heterocycles. The molecule has 3 aromatic rings. The summed E-state index contributed by atoms with van der Waals surface area (Å²) < 4.78 is 0. The maximum Gasteiger partial charge on any atom is 0.284 e. The molecule has 0 spiro atoms. The van der Waals surface area contributed by atoms with E-state index in [-0.39, 0.29) is 11.7 Å². The van der Waals surface area contributed by atoms with E-state index in [1.807, 2.05) is 0 Å². The fourth-order valence-corrected chi connectivity index (χ4v) is 4.67. The average molecular weight is 396 g/mol. The number of nitrogens with two attached hydrogens (primary N) is 1. The number of H-pyrrole nitrogens is 1. The van der Waals surface area contributed by atoms with Crippen molar-refractivity contribution in [3.63, 3.8) is 0 Å². The van der Waals surface area contributed by atoms with E-state index in [4.69, 9.17) is 5.73 Å². The maximum atomic E-state index is 12.8. The molecule has 1 aliphatic carbocycles. The lowest BCUT2D eigenvalue weighted by molar-refractivity contribution is 0.0989. The van der Waals surface area contributed by atoms with Crippen molar-refractivity contribution in [2.24, 2.45) is 11.7 Å². The first-order chi connectivity index (χ1) is 13.6. The zero-order chi connectivity index (χ0) is 19.3. The van der Waals surface area contributed by atoms with Crippen LogP contribution in [0.3, 0.4) is 0 Å². The Morgan fingerprint density at radius 2 is 2.18 bits per heavy atom. The maximum absolute atomic E-state index is 12.8. The molecule has 0 saturated heterocycles. The first kappa shape index (κ1) is 17.3. The highest BCUT2D eigenvalue weighted by molar-refractivity contribution is 7.15. The predicted octanol–water partition coefficient (Wildman–Crippen LogP) is 2.14. The number of nitrogens with one attached hydrogen (secondary N) is 2. The van der Waals surface area contributed by atoms with Crippen LogP contribution in [0.5, 0.6) is 0 Å². The number of nitrogens with zero attached hydrogens (tertiary/aromatic N) is 3. The summed E-state index contributed by atoms with van der Waals surface area (Å²) in [5.41, 5.74) is 7.76. The van der Waals surface area contributed by atoms with Crippen molar-refractivity contribution in [2.45, 2.75) is 25.8 Å². The summed E-state index contributed by atoms with van der Waals surface area (Å²) in [5.74, 6) is -0.0519. The highest BCUT2D eigenvalue weighted by Crippen LogP contribution is 2.33. The van der Waals surface area contributed by atoms with Crippen LogP contribution in [0.1, 0.15) is 44.4 Å². The first-order valence-electron chi connectivity index (χ1n) is 9.37. The van der Waals surface area contributed by atoms with Gasteiger partial charge in [0.2, 0.25) is 0 Å². The van der Waals surface area contributed by atoms with E-state index in [9.17, 15) is 9.59 Å². The number of anilines is 1. The SMILES string of the molecule is NC(=O)c1nc2c(C(=O)Nc3nc4c(s3)CN(CC3CC3)CC4)cccc2[nH]1. The second kappa shape index (κ2) is 6.68. The van der Waals surface area contributed by atoms with E-state index in [0.717, 1.165) is 31.1 Å². The molecule has 1 aliphatic heterocycles. The third kappa shape index (κ3) is 3.27. The smallest absolute Gasteiger partial charge is 0.284 e. The van der Waals surface area contributed by atoms with Crippen molar-refractivity contribution >= 4 is 39.3 Å². The summed E-state index contributed by atoms with van der Waals surface area (Å²) >= 11 is 1.54. The number of carbonyl (C=O) groups is 2. The number of thiazole rings is 1. The number of imidazole rings is 1. The number of amides is 2. The van der Waals surface area contributed by atoms with Crippen molar-refractivity contribution in [1.29, 1.82) is 0 Å². The molecule has 2 aliphatic rings. The topological polar surface area (TPSA) is 117 Å². The molecule has 0 bridgehead atoms. The lowest BCUT2D eigenvalue weighted by Crippen LogP contribution is -2.31. The first-order valence-corrected chi connectivity index (χ1v) is 10.2. The lowest BCUT2D eigenvalue weighted by Gasteiger charge is -2.25.